The maximum atomic E-state index is 14.2. The Bertz CT molecular complexity index is 2880. The molecule has 3 aliphatic rings. The fraction of sp³-hybridized carbons (Fsp3) is 0.508. The number of aryl methyl sites for hydroxylation is 3. The van der Waals surface area contributed by atoms with Gasteiger partial charge in [-0.15, -0.1) is 11.3 Å². The topological polar surface area (TPSA) is 272 Å². The van der Waals surface area contributed by atoms with Crippen LogP contribution in [0, 0.1) is 18.3 Å². The number of nitrogens with one attached hydrogen (secondary N) is 5. The van der Waals surface area contributed by atoms with Crippen LogP contribution in [0.3, 0.4) is 0 Å². The Morgan fingerprint density at radius 2 is 1.54 bits per heavy atom. The second-order valence-electron chi connectivity index (χ2n) is 23.1. The number of benzene rings is 3. The molecule has 19 nitrogen and oxygen atoms in total. The molecule has 3 aliphatic heterocycles. The molecule has 0 spiro atoms. The minimum Gasteiger partial charge on any atom is -0.444 e. The number of alkyl carbamates (subject to hydrolysis) is 1. The van der Waals surface area contributed by atoms with Crippen LogP contribution in [-0.4, -0.2) is 111 Å². The number of nitrogens with zero attached hydrogens (tertiary/aromatic N) is 3. The summed E-state index contributed by atoms with van der Waals surface area (Å²) in [4.78, 5) is 116. The number of amides is 8. The van der Waals surface area contributed by atoms with Gasteiger partial charge in [0.2, 0.25) is 41.4 Å². The Balaban J connectivity index is 0.859. The lowest BCUT2D eigenvalue weighted by atomic mass is 9.79. The number of β-amino-alcohol motifs (C(OH)–C–C–N with tert-alkyl or cyclic N) is 1. The van der Waals surface area contributed by atoms with Crippen molar-refractivity contribution in [3.8, 4) is 10.4 Å². The molecule has 0 saturated carbocycles. The second-order valence-corrected chi connectivity index (χ2v) is 23.9. The summed E-state index contributed by atoms with van der Waals surface area (Å²) in [6.45, 7) is 13.4. The summed E-state index contributed by atoms with van der Waals surface area (Å²) in [5.41, 5.74) is 13.0. The molecular formula is C59H77N9O10S. The first kappa shape index (κ1) is 59.5. The van der Waals surface area contributed by atoms with Gasteiger partial charge in [-0.3, -0.25) is 38.5 Å². The summed E-state index contributed by atoms with van der Waals surface area (Å²) in [5, 5.41) is 25.0. The number of likely N-dealkylation sites (tertiary alicyclic amines) is 1. The van der Waals surface area contributed by atoms with Gasteiger partial charge in [0.15, 0.2) is 0 Å². The van der Waals surface area contributed by atoms with Crippen LogP contribution in [0.15, 0.2) is 72.2 Å². The van der Waals surface area contributed by atoms with Crippen molar-refractivity contribution < 1.29 is 48.2 Å². The average Bonchev–Trinajstić information content (AvgIpc) is 4.15. The van der Waals surface area contributed by atoms with Crippen LogP contribution in [0.4, 0.5) is 10.5 Å². The first-order chi connectivity index (χ1) is 37.4. The number of unbranched alkanes of at least 4 members (excludes halogenated alkanes) is 2. The predicted molar refractivity (Wildman–Crippen MR) is 300 cm³/mol. The van der Waals surface area contributed by atoms with Gasteiger partial charge in [0.05, 0.1) is 33.8 Å². The Morgan fingerprint density at radius 1 is 0.835 bits per heavy atom. The summed E-state index contributed by atoms with van der Waals surface area (Å²) in [6.07, 6.45) is 2.37. The van der Waals surface area contributed by atoms with Crippen molar-refractivity contribution in [1.29, 1.82) is 0 Å². The van der Waals surface area contributed by atoms with Crippen molar-refractivity contribution >= 4 is 64.5 Å². The molecule has 0 aliphatic carbocycles. The van der Waals surface area contributed by atoms with Crippen molar-refractivity contribution in [2.75, 3.05) is 18.0 Å². The molecule has 1 fully saturated rings. The molecular weight excluding hydrogens is 1030 g/mol. The Hall–Kier alpha value is -7.19. The molecule has 1 aromatic heterocycles. The second kappa shape index (κ2) is 26.2. The Morgan fingerprint density at radius 3 is 2.24 bits per heavy atom. The standard InChI is InChI=1S/C59H77N9O10S/c1-35-51(79-34-64-35)40-21-19-37(20-22-40)30-63-53(73)46-29-42(69)33-67(46)55(75)43(58(2,3)4)32-61-49(71)18-10-8-9-13-36-14-11-15-38(27-36)31-62-52(72)44(25-26-48(60)70)65-54(74)47-28-41-17-12-16-39-23-24-45(56(76)68(47)50(39)41)66-57(77)78-59(5,6)7/h11-12,14-17,19-22,27,34,42-47,69H,8-10,13,18,23-26,28-33H2,1-7H3,(H2,60,70)(H,61,71)(H,62,72)(H,63,73)(H,65,74)(H,66,77)/t42-,43?,44+,45+,46+,47+/m1/s1. The van der Waals surface area contributed by atoms with Crippen LogP contribution in [0.2, 0.25) is 0 Å². The summed E-state index contributed by atoms with van der Waals surface area (Å²) in [6, 6.07) is 17.2. The highest BCUT2D eigenvalue weighted by Crippen LogP contribution is 2.39. The number of carbonyl (C=O) groups excluding carboxylic acids is 8. The molecule has 3 aromatic carbocycles. The van der Waals surface area contributed by atoms with E-state index in [-0.39, 0.29) is 76.0 Å². The third-order valence-corrected chi connectivity index (χ3v) is 15.7. The molecule has 1 saturated heterocycles. The maximum Gasteiger partial charge on any atom is 0.408 e. The van der Waals surface area contributed by atoms with E-state index in [4.69, 9.17) is 10.5 Å². The van der Waals surface area contributed by atoms with Crippen LogP contribution in [-0.2, 0) is 70.7 Å². The zero-order valence-electron chi connectivity index (χ0n) is 46.4. The number of primary amides is 1. The first-order valence-corrected chi connectivity index (χ1v) is 28.2. The summed E-state index contributed by atoms with van der Waals surface area (Å²) >= 11 is 1.57. The van der Waals surface area contributed by atoms with Gasteiger partial charge < -0.3 is 47.1 Å². The molecule has 7 rings (SSSR count). The van der Waals surface area contributed by atoms with Crippen molar-refractivity contribution in [2.24, 2.45) is 17.1 Å². The van der Waals surface area contributed by atoms with E-state index in [2.05, 4.69) is 31.6 Å². The number of thiazole rings is 1. The summed E-state index contributed by atoms with van der Waals surface area (Å²) < 4.78 is 5.43. The molecule has 4 heterocycles. The molecule has 0 bridgehead atoms. The van der Waals surface area contributed by atoms with Gasteiger partial charge in [-0.05, 0) is 105 Å². The fourth-order valence-electron chi connectivity index (χ4n) is 10.5. The maximum absolute atomic E-state index is 14.2. The van der Waals surface area contributed by atoms with E-state index in [9.17, 15) is 43.5 Å². The quantitative estimate of drug-likeness (QED) is 0.0487. The van der Waals surface area contributed by atoms with Gasteiger partial charge in [0.1, 0.15) is 29.8 Å². The number of carbonyl (C=O) groups is 8. The molecule has 20 heteroatoms. The van der Waals surface area contributed by atoms with Gasteiger partial charge in [-0.1, -0.05) is 93.9 Å². The number of rotatable bonds is 22. The number of hydrogen-bond acceptors (Lipinski definition) is 12. The average molecular weight is 1100 g/mol. The molecule has 4 aromatic rings. The normalized spacial score (nSPS) is 18.7. The van der Waals surface area contributed by atoms with E-state index in [0.29, 0.717) is 31.4 Å². The third kappa shape index (κ3) is 16.0. The molecule has 424 valence electrons. The smallest absolute Gasteiger partial charge is 0.408 e. The van der Waals surface area contributed by atoms with Gasteiger partial charge in [0.25, 0.3) is 0 Å². The van der Waals surface area contributed by atoms with Crippen molar-refractivity contribution in [3.63, 3.8) is 0 Å². The number of ether oxygens (including phenoxy) is 1. The van der Waals surface area contributed by atoms with E-state index in [0.717, 1.165) is 56.8 Å². The third-order valence-electron chi connectivity index (χ3n) is 14.7. The SMILES string of the molecule is Cc1ncsc1-c1ccc(CNC(=O)[C@@H]2C[C@@H](O)CN2C(=O)C(CNC(=O)CCCCCc2cccc(CNC(=O)[C@H](CCC(N)=O)NC(=O)[C@@H]3Cc4cccc5c4N3C(=O)[C@@H](NC(=O)OC(C)(C)C)CC5)c2)C(C)(C)C)cc1. The molecule has 1 unspecified atom stereocenters. The van der Waals surface area contributed by atoms with Gasteiger partial charge in [0, 0.05) is 51.9 Å². The van der Waals surface area contributed by atoms with Crippen LogP contribution in [0.5, 0.6) is 0 Å². The number of aromatic nitrogens is 1. The number of aliphatic hydroxyl groups excluding tert-OH is 1. The van der Waals surface area contributed by atoms with Gasteiger partial charge in [-0.25, -0.2) is 9.78 Å². The lowest BCUT2D eigenvalue weighted by Crippen LogP contribution is -2.57. The van der Waals surface area contributed by atoms with Gasteiger partial charge in [-0.2, -0.15) is 0 Å². The van der Waals surface area contributed by atoms with Crippen LogP contribution in [0.25, 0.3) is 10.4 Å². The zero-order valence-corrected chi connectivity index (χ0v) is 47.3. The van der Waals surface area contributed by atoms with Crippen molar-refractivity contribution in [1.82, 2.24) is 36.5 Å². The van der Waals surface area contributed by atoms with Crippen LogP contribution in [0.1, 0.15) is 126 Å². The lowest BCUT2D eigenvalue weighted by Gasteiger charge is -2.35. The van der Waals surface area contributed by atoms with E-state index < -0.39 is 76.9 Å². The minimum atomic E-state index is -1.15. The number of nitrogens with two attached hydrogens (primary N) is 1. The highest BCUT2D eigenvalue weighted by atomic mass is 32.1. The lowest BCUT2D eigenvalue weighted by molar-refractivity contribution is -0.144. The van der Waals surface area contributed by atoms with Crippen molar-refractivity contribution in [3.05, 3.63) is 106 Å². The van der Waals surface area contributed by atoms with E-state index in [1.165, 1.54) is 9.80 Å². The molecule has 79 heavy (non-hydrogen) atoms. The first-order valence-electron chi connectivity index (χ1n) is 27.4. The predicted octanol–water partition coefficient (Wildman–Crippen LogP) is 5.44. The zero-order chi connectivity index (χ0) is 57.2. The molecule has 0 radical (unpaired) electrons. The molecule has 8 amide bonds. The summed E-state index contributed by atoms with van der Waals surface area (Å²) in [5.74, 6) is -3.70. The van der Waals surface area contributed by atoms with Crippen LogP contribution >= 0.6 is 11.3 Å². The monoisotopic (exact) mass is 1100 g/mol. The summed E-state index contributed by atoms with van der Waals surface area (Å²) in [7, 11) is 0. The molecule has 6 atom stereocenters. The number of para-hydroxylation sites is 1. The largest absolute Gasteiger partial charge is 0.444 e. The van der Waals surface area contributed by atoms with E-state index in [1.807, 2.05) is 99.9 Å². The highest BCUT2D eigenvalue weighted by molar-refractivity contribution is 7.13. The van der Waals surface area contributed by atoms with Crippen LogP contribution < -0.4 is 37.2 Å². The fourth-order valence-corrected chi connectivity index (χ4v) is 11.3. The Labute approximate surface area is 466 Å². The number of anilines is 1. The Kier molecular flexibility index (Phi) is 19.7. The molecule has 8 N–H and O–H groups in total. The highest BCUT2D eigenvalue weighted by Gasteiger charge is 2.46. The minimum absolute atomic E-state index is 0.0268. The number of hydrogen-bond donors (Lipinski definition) is 7. The van der Waals surface area contributed by atoms with E-state index in [1.54, 1.807) is 32.1 Å². The number of aliphatic hydroxyl groups is 1. The van der Waals surface area contributed by atoms with E-state index >= 15 is 0 Å². The van der Waals surface area contributed by atoms with Gasteiger partial charge >= 0.3 is 6.09 Å². The van der Waals surface area contributed by atoms with Crippen molar-refractivity contribution in [2.45, 2.75) is 168 Å².